The number of hydrogen-bond acceptors (Lipinski definition) is 3. The van der Waals surface area contributed by atoms with Crippen LogP contribution < -0.4 is 11.1 Å². The van der Waals surface area contributed by atoms with Gasteiger partial charge in [0.05, 0.1) is 0 Å². The van der Waals surface area contributed by atoms with E-state index in [1.807, 2.05) is 13.8 Å². The molecule has 0 aromatic carbocycles. The van der Waals surface area contributed by atoms with Crippen molar-refractivity contribution in [3.8, 4) is 0 Å². The van der Waals surface area contributed by atoms with Crippen molar-refractivity contribution in [1.29, 1.82) is 0 Å². The van der Waals surface area contributed by atoms with E-state index >= 15 is 0 Å². The van der Waals surface area contributed by atoms with Crippen molar-refractivity contribution < 1.29 is 9.90 Å². The van der Waals surface area contributed by atoms with Crippen LogP contribution >= 0.6 is 0 Å². The number of aliphatic carboxylic acids is 1. The summed E-state index contributed by atoms with van der Waals surface area (Å²) in [6, 6.07) is -0.350. The summed E-state index contributed by atoms with van der Waals surface area (Å²) < 4.78 is 0. The predicted octanol–water partition coefficient (Wildman–Crippen LogP) is -0.214. The van der Waals surface area contributed by atoms with E-state index < -0.39 is 12.0 Å². The molecule has 0 aromatic rings. The third-order valence-corrected chi connectivity index (χ3v) is 1.33. The maximum absolute atomic E-state index is 10.2. The number of nitrogens with one attached hydrogen (secondary N) is 1. The molecule has 0 spiro atoms. The smallest absolute Gasteiger partial charge is 0.320 e. The van der Waals surface area contributed by atoms with Gasteiger partial charge < -0.3 is 16.2 Å². The fourth-order valence-electron chi connectivity index (χ4n) is 0.651. The minimum atomic E-state index is -0.935. The van der Waals surface area contributed by atoms with Gasteiger partial charge in [-0.05, 0) is 13.0 Å². The molecule has 0 aliphatic carbocycles. The monoisotopic (exact) mass is 160 g/mol. The summed E-state index contributed by atoms with van der Waals surface area (Å²) in [5.41, 5.74) is 5.26. The molecule has 0 unspecified atom stereocenters. The lowest BCUT2D eigenvalue weighted by atomic mass is 10.2. The van der Waals surface area contributed by atoms with Crippen LogP contribution in [0.15, 0.2) is 0 Å². The van der Waals surface area contributed by atoms with Crippen molar-refractivity contribution >= 4 is 5.97 Å². The van der Waals surface area contributed by atoms with Gasteiger partial charge in [0, 0.05) is 6.04 Å². The zero-order valence-corrected chi connectivity index (χ0v) is 7.00. The Morgan fingerprint density at radius 1 is 1.64 bits per heavy atom. The first-order chi connectivity index (χ1) is 5.04. The van der Waals surface area contributed by atoms with Crippen LogP contribution in [0.2, 0.25) is 0 Å². The van der Waals surface area contributed by atoms with Gasteiger partial charge in [-0.1, -0.05) is 13.8 Å². The number of carbonyl (C=O) groups is 1. The molecule has 0 fully saturated rings. The summed E-state index contributed by atoms with van der Waals surface area (Å²) in [6.45, 7) is 4.67. The highest BCUT2D eigenvalue weighted by molar-refractivity contribution is 5.72. The Kier molecular flexibility index (Phi) is 4.81. The quantitative estimate of drug-likeness (QED) is 0.520. The summed E-state index contributed by atoms with van der Waals surface area (Å²) >= 11 is 0. The van der Waals surface area contributed by atoms with Crippen LogP contribution in [0.3, 0.4) is 0 Å². The van der Waals surface area contributed by atoms with E-state index in [0.29, 0.717) is 19.0 Å². The molecule has 4 N–H and O–H groups in total. The van der Waals surface area contributed by atoms with E-state index in [1.54, 1.807) is 0 Å². The van der Waals surface area contributed by atoms with Crippen molar-refractivity contribution in [2.75, 3.05) is 6.54 Å². The van der Waals surface area contributed by atoms with Gasteiger partial charge in [-0.25, -0.2) is 0 Å². The lowest BCUT2D eigenvalue weighted by molar-refractivity contribution is -0.138. The Bertz CT molecular complexity index is 126. The lowest BCUT2D eigenvalue weighted by Crippen LogP contribution is -2.35. The molecule has 11 heavy (non-hydrogen) atoms. The zero-order chi connectivity index (χ0) is 8.85. The SMILES string of the molecule is CC(C)NCC[C@@H](N)C(=O)O. The van der Waals surface area contributed by atoms with Crippen LogP contribution in [0.4, 0.5) is 0 Å². The summed E-state index contributed by atoms with van der Waals surface area (Å²) in [6.07, 6.45) is 0.480. The molecular formula is C7H16N2O2. The fourth-order valence-corrected chi connectivity index (χ4v) is 0.651. The van der Waals surface area contributed by atoms with Crippen LogP contribution in [0, 0.1) is 0 Å². The van der Waals surface area contributed by atoms with Crippen LogP contribution in [0.25, 0.3) is 0 Å². The molecular weight excluding hydrogens is 144 g/mol. The predicted molar refractivity (Wildman–Crippen MR) is 43.4 cm³/mol. The van der Waals surface area contributed by atoms with Gasteiger partial charge in [0.1, 0.15) is 6.04 Å². The van der Waals surface area contributed by atoms with Crippen molar-refractivity contribution in [3.05, 3.63) is 0 Å². The van der Waals surface area contributed by atoms with E-state index in [1.165, 1.54) is 0 Å². The number of nitrogens with two attached hydrogens (primary N) is 1. The minimum absolute atomic E-state index is 0.385. The average Bonchev–Trinajstić information content (AvgIpc) is 1.86. The lowest BCUT2D eigenvalue weighted by Gasteiger charge is -2.09. The summed E-state index contributed by atoms with van der Waals surface area (Å²) in [7, 11) is 0. The number of hydrogen-bond donors (Lipinski definition) is 3. The highest BCUT2D eigenvalue weighted by atomic mass is 16.4. The first-order valence-electron chi connectivity index (χ1n) is 3.75. The molecule has 0 aliphatic rings. The Morgan fingerprint density at radius 3 is 2.55 bits per heavy atom. The van der Waals surface area contributed by atoms with E-state index in [9.17, 15) is 4.79 Å². The van der Waals surface area contributed by atoms with Crippen molar-refractivity contribution in [2.45, 2.75) is 32.4 Å². The van der Waals surface area contributed by atoms with Gasteiger partial charge in [-0.15, -0.1) is 0 Å². The first kappa shape index (κ1) is 10.4. The molecule has 1 atom stereocenters. The van der Waals surface area contributed by atoms with Crippen LogP contribution in [0.1, 0.15) is 20.3 Å². The largest absolute Gasteiger partial charge is 0.480 e. The molecule has 4 nitrogen and oxygen atoms in total. The fraction of sp³-hybridized carbons (Fsp3) is 0.857. The third-order valence-electron chi connectivity index (χ3n) is 1.33. The van der Waals surface area contributed by atoms with Gasteiger partial charge in [0.2, 0.25) is 0 Å². The highest BCUT2D eigenvalue weighted by Crippen LogP contribution is 1.86. The average molecular weight is 160 g/mol. The maximum Gasteiger partial charge on any atom is 0.320 e. The second kappa shape index (κ2) is 5.09. The highest BCUT2D eigenvalue weighted by Gasteiger charge is 2.09. The standard InChI is InChI=1S/C7H16N2O2/c1-5(2)9-4-3-6(8)7(10)11/h5-6,9H,3-4,8H2,1-2H3,(H,10,11)/t6-/m1/s1. The van der Waals surface area contributed by atoms with Gasteiger partial charge in [-0.2, -0.15) is 0 Å². The van der Waals surface area contributed by atoms with Crippen molar-refractivity contribution in [3.63, 3.8) is 0 Å². The molecule has 0 amide bonds. The number of carboxylic acids is 1. The molecule has 0 heterocycles. The summed E-state index contributed by atoms with van der Waals surface area (Å²) in [5.74, 6) is -0.935. The van der Waals surface area contributed by atoms with E-state index in [-0.39, 0.29) is 0 Å². The summed E-state index contributed by atoms with van der Waals surface area (Å²) in [4.78, 5) is 10.2. The zero-order valence-electron chi connectivity index (χ0n) is 7.00. The van der Waals surface area contributed by atoms with Gasteiger partial charge in [0.15, 0.2) is 0 Å². The Labute approximate surface area is 66.8 Å². The Hall–Kier alpha value is -0.610. The molecule has 0 aromatic heterocycles. The molecule has 4 heteroatoms. The minimum Gasteiger partial charge on any atom is -0.480 e. The molecule has 0 rings (SSSR count). The van der Waals surface area contributed by atoms with Crippen molar-refractivity contribution in [1.82, 2.24) is 5.32 Å². The van der Waals surface area contributed by atoms with Crippen LogP contribution in [0.5, 0.6) is 0 Å². The second-order valence-electron chi connectivity index (χ2n) is 2.84. The molecule has 0 saturated heterocycles. The molecule has 66 valence electrons. The van der Waals surface area contributed by atoms with Crippen LogP contribution in [-0.4, -0.2) is 29.7 Å². The molecule has 0 radical (unpaired) electrons. The van der Waals surface area contributed by atoms with Crippen LogP contribution in [-0.2, 0) is 4.79 Å². The van der Waals surface area contributed by atoms with Gasteiger partial charge >= 0.3 is 5.97 Å². The number of rotatable bonds is 5. The molecule has 0 aliphatic heterocycles. The topological polar surface area (TPSA) is 75.3 Å². The number of carboxylic acid groups (broad SMARTS) is 1. The van der Waals surface area contributed by atoms with E-state index in [0.717, 1.165) is 0 Å². The van der Waals surface area contributed by atoms with E-state index in [4.69, 9.17) is 10.8 Å². The first-order valence-corrected chi connectivity index (χ1v) is 3.75. The third kappa shape index (κ3) is 5.82. The molecule has 0 saturated carbocycles. The van der Waals surface area contributed by atoms with Gasteiger partial charge in [-0.3, -0.25) is 4.79 Å². The normalized spacial score (nSPS) is 13.5. The maximum atomic E-state index is 10.2. The Balaban J connectivity index is 3.31. The summed E-state index contributed by atoms with van der Waals surface area (Å²) in [5, 5.41) is 11.5. The second-order valence-corrected chi connectivity index (χ2v) is 2.84. The Morgan fingerprint density at radius 2 is 2.18 bits per heavy atom. The van der Waals surface area contributed by atoms with Gasteiger partial charge in [0.25, 0.3) is 0 Å². The van der Waals surface area contributed by atoms with Crippen molar-refractivity contribution in [2.24, 2.45) is 5.73 Å². The van der Waals surface area contributed by atoms with E-state index in [2.05, 4.69) is 5.32 Å². The molecule has 0 bridgehead atoms.